The van der Waals surface area contributed by atoms with Crippen LogP contribution in [0.3, 0.4) is 0 Å². The Labute approximate surface area is 109 Å². The van der Waals surface area contributed by atoms with E-state index in [0.717, 1.165) is 12.8 Å². The Balaban J connectivity index is 2.60. The number of hydrogen-bond donors (Lipinski definition) is 2. The Hall–Kier alpha value is -1.26. The maximum absolute atomic E-state index is 12.0. The zero-order valence-electron chi connectivity index (χ0n) is 11.7. The van der Waals surface area contributed by atoms with Crippen LogP contribution in [0.5, 0.6) is 0 Å². The van der Waals surface area contributed by atoms with Crippen molar-refractivity contribution >= 4 is 12.0 Å². The summed E-state index contributed by atoms with van der Waals surface area (Å²) in [6.07, 6.45) is 1.68. The van der Waals surface area contributed by atoms with Crippen LogP contribution in [0.15, 0.2) is 0 Å². The summed E-state index contributed by atoms with van der Waals surface area (Å²) in [5, 5.41) is 11.8. The minimum absolute atomic E-state index is 0.0675. The zero-order chi connectivity index (χ0) is 13.9. The summed E-state index contributed by atoms with van der Waals surface area (Å²) in [6, 6.07) is -1.06. The smallest absolute Gasteiger partial charge is 0.326 e. The number of urea groups is 1. The molecule has 0 saturated carbocycles. The lowest BCUT2D eigenvalue weighted by Crippen LogP contribution is -2.50. The molecule has 1 aliphatic rings. The molecule has 0 aromatic heterocycles. The number of nitrogens with zero attached hydrogens (tertiary/aromatic N) is 1. The van der Waals surface area contributed by atoms with Crippen molar-refractivity contribution in [3.8, 4) is 0 Å². The molecule has 1 rings (SSSR count). The van der Waals surface area contributed by atoms with Crippen LogP contribution in [0.25, 0.3) is 0 Å². The normalized spacial score (nSPS) is 21.4. The first-order valence-corrected chi connectivity index (χ1v) is 6.55. The summed E-state index contributed by atoms with van der Waals surface area (Å²) in [7, 11) is 0. The molecule has 104 valence electrons. The van der Waals surface area contributed by atoms with E-state index < -0.39 is 12.0 Å². The summed E-state index contributed by atoms with van der Waals surface area (Å²) in [5.74, 6) is -1.03. The highest BCUT2D eigenvalue weighted by Gasteiger charge is 2.34. The Morgan fingerprint density at radius 2 is 2.06 bits per heavy atom. The van der Waals surface area contributed by atoms with E-state index in [4.69, 9.17) is 5.11 Å². The minimum atomic E-state index is -0.962. The number of carbonyl (C=O) groups excluding carboxylic acids is 1. The van der Waals surface area contributed by atoms with Gasteiger partial charge in [-0.15, -0.1) is 0 Å². The minimum Gasteiger partial charge on any atom is -0.480 e. The number of hydrogen-bond acceptors (Lipinski definition) is 2. The quantitative estimate of drug-likeness (QED) is 0.807. The van der Waals surface area contributed by atoms with Gasteiger partial charge in [0, 0.05) is 13.1 Å². The van der Waals surface area contributed by atoms with Gasteiger partial charge in [-0.2, -0.15) is 0 Å². The summed E-state index contributed by atoms with van der Waals surface area (Å²) < 4.78 is 0. The molecule has 2 amide bonds. The van der Waals surface area contributed by atoms with Gasteiger partial charge in [-0.25, -0.2) is 9.59 Å². The molecule has 0 aliphatic carbocycles. The molecule has 5 nitrogen and oxygen atoms in total. The molecular formula is C13H24N2O3. The van der Waals surface area contributed by atoms with Crippen LogP contribution < -0.4 is 5.32 Å². The third kappa shape index (κ3) is 3.62. The molecule has 0 spiro atoms. The van der Waals surface area contributed by atoms with E-state index in [-0.39, 0.29) is 17.4 Å². The molecule has 1 fully saturated rings. The van der Waals surface area contributed by atoms with Crippen molar-refractivity contribution in [2.45, 2.75) is 46.6 Å². The molecule has 0 unspecified atom stereocenters. The van der Waals surface area contributed by atoms with Crippen LogP contribution >= 0.6 is 0 Å². The predicted octanol–water partition coefficient (Wildman–Crippen LogP) is 1.93. The van der Waals surface area contributed by atoms with Gasteiger partial charge >= 0.3 is 12.0 Å². The number of carboxylic acids is 1. The third-order valence-corrected chi connectivity index (χ3v) is 3.72. The zero-order valence-corrected chi connectivity index (χ0v) is 11.7. The first kappa shape index (κ1) is 14.8. The number of likely N-dealkylation sites (tertiary alicyclic amines) is 1. The van der Waals surface area contributed by atoms with Crippen LogP contribution in [0.1, 0.15) is 40.5 Å². The van der Waals surface area contributed by atoms with Gasteiger partial charge in [0.1, 0.15) is 6.04 Å². The average molecular weight is 256 g/mol. The highest BCUT2D eigenvalue weighted by Crippen LogP contribution is 2.28. The van der Waals surface area contributed by atoms with Gasteiger partial charge < -0.3 is 15.3 Å². The summed E-state index contributed by atoms with van der Waals surface area (Å²) in [4.78, 5) is 24.9. The van der Waals surface area contributed by atoms with Gasteiger partial charge in [0.25, 0.3) is 0 Å². The first-order valence-electron chi connectivity index (χ1n) is 6.55. The lowest BCUT2D eigenvalue weighted by molar-refractivity contribution is -0.140. The topological polar surface area (TPSA) is 69.6 Å². The van der Waals surface area contributed by atoms with Crippen LogP contribution in [0.4, 0.5) is 4.79 Å². The van der Waals surface area contributed by atoms with E-state index >= 15 is 0 Å². The maximum atomic E-state index is 12.0. The molecular weight excluding hydrogens is 232 g/mol. The van der Waals surface area contributed by atoms with Crippen molar-refractivity contribution < 1.29 is 14.7 Å². The van der Waals surface area contributed by atoms with E-state index in [2.05, 4.69) is 19.2 Å². The second-order valence-corrected chi connectivity index (χ2v) is 5.99. The number of carboxylic acid groups (broad SMARTS) is 1. The van der Waals surface area contributed by atoms with Crippen molar-refractivity contribution in [2.75, 3.05) is 13.1 Å². The Morgan fingerprint density at radius 3 is 2.44 bits per heavy atom. The number of carbonyl (C=O) groups is 2. The lowest BCUT2D eigenvalue weighted by atomic mass is 9.93. The van der Waals surface area contributed by atoms with Gasteiger partial charge in [0.15, 0.2) is 0 Å². The predicted molar refractivity (Wildman–Crippen MR) is 69.4 cm³/mol. The summed E-state index contributed by atoms with van der Waals surface area (Å²) in [6.45, 7) is 9.38. The number of amides is 2. The van der Waals surface area contributed by atoms with Crippen molar-refractivity contribution in [1.82, 2.24) is 10.2 Å². The molecule has 0 aromatic carbocycles. The molecule has 1 aliphatic heterocycles. The average Bonchev–Trinajstić information content (AvgIpc) is 2.64. The van der Waals surface area contributed by atoms with Gasteiger partial charge in [-0.05, 0) is 17.8 Å². The fourth-order valence-corrected chi connectivity index (χ4v) is 2.19. The second-order valence-electron chi connectivity index (χ2n) is 5.99. The molecule has 5 heteroatoms. The molecule has 0 radical (unpaired) electrons. The Kier molecular flexibility index (Phi) is 4.59. The van der Waals surface area contributed by atoms with Crippen molar-refractivity contribution in [3.63, 3.8) is 0 Å². The monoisotopic (exact) mass is 256 g/mol. The molecule has 0 bridgehead atoms. The summed E-state index contributed by atoms with van der Waals surface area (Å²) >= 11 is 0. The highest BCUT2D eigenvalue weighted by molar-refractivity contribution is 5.83. The molecule has 1 heterocycles. The number of aliphatic carboxylic acids is 1. The third-order valence-electron chi connectivity index (χ3n) is 3.72. The van der Waals surface area contributed by atoms with Gasteiger partial charge in [0.2, 0.25) is 0 Å². The molecule has 2 atom stereocenters. The van der Waals surface area contributed by atoms with Crippen LogP contribution in [-0.4, -0.2) is 41.1 Å². The van der Waals surface area contributed by atoms with Gasteiger partial charge in [-0.1, -0.05) is 34.1 Å². The Morgan fingerprint density at radius 1 is 1.44 bits per heavy atom. The van der Waals surface area contributed by atoms with Crippen molar-refractivity contribution in [2.24, 2.45) is 11.3 Å². The summed E-state index contributed by atoms with van der Waals surface area (Å²) in [5.41, 5.74) is 0.131. The van der Waals surface area contributed by atoms with Crippen LogP contribution in [-0.2, 0) is 4.79 Å². The largest absolute Gasteiger partial charge is 0.480 e. The standard InChI is InChI=1S/C13H24N2O3/c1-5-9(2)10(11(16)17)14-12(18)15-7-6-13(3,4)8-15/h9-10H,5-8H2,1-4H3,(H,14,18)(H,16,17)/t9-,10-/m0/s1. The van der Waals surface area contributed by atoms with Crippen LogP contribution in [0.2, 0.25) is 0 Å². The van der Waals surface area contributed by atoms with E-state index in [1.807, 2.05) is 13.8 Å². The molecule has 18 heavy (non-hydrogen) atoms. The lowest BCUT2D eigenvalue weighted by Gasteiger charge is -2.25. The maximum Gasteiger partial charge on any atom is 0.326 e. The van der Waals surface area contributed by atoms with E-state index in [9.17, 15) is 9.59 Å². The fraction of sp³-hybridized carbons (Fsp3) is 0.846. The molecule has 0 aromatic rings. The number of nitrogens with one attached hydrogen (secondary N) is 1. The second kappa shape index (κ2) is 5.59. The van der Waals surface area contributed by atoms with Crippen molar-refractivity contribution in [3.05, 3.63) is 0 Å². The van der Waals surface area contributed by atoms with E-state index in [0.29, 0.717) is 13.1 Å². The van der Waals surface area contributed by atoms with E-state index in [1.165, 1.54) is 0 Å². The Bertz CT molecular complexity index is 328. The SMILES string of the molecule is CC[C@H](C)[C@H](NC(=O)N1CCC(C)(C)C1)C(=O)O. The van der Waals surface area contributed by atoms with E-state index in [1.54, 1.807) is 4.90 Å². The van der Waals surface area contributed by atoms with Gasteiger partial charge in [-0.3, -0.25) is 0 Å². The molecule has 2 N–H and O–H groups in total. The van der Waals surface area contributed by atoms with Gasteiger partial charge in [0.05, 0.1) is 0 Å². The molecule has 1 saturated heterocycles. The van der Waals surface area contributed by atoms with Crippen molar-refractivity contribution in [1.29, 1.82) is 0 Å². The highest BCUT2D eigenvalue weighted by atomic mass is 16.4. The van der Waals surface area contributed by atoms with Crippen LogP contribution in [0, 0.1) is 11.3 Å². The first-order chi connectivity index (χ1) is 8.26. The fourth-order valence-electron chi connectivity index (χ4n) is 2.19. The number of rotatable bonds is 4.